The van der Waals surface area contributed by atoms with Gasteiger partial charge in [0.15, 0.2) is 6.04 Å². The van der Waals surface area contributed by atoms with Crippen LogP contribution in [0.25, 0.3) is 5.69 Å². The van der Waals surface area contributed by atoms with Crippen molar-refractivity contribution in [3.63, 3.8) is 0 Å². The lowest BCUT2D eigenvalue weighted by Gasteiger charge is -2.21. The standard InChI is InChI=1S/C16H12F3N5O/c17-16(18,19)14(12-2-1-7-20-8-12)23-15(25)11-3-5-13(6-4-11)24-9-21-22-10-24/h1-10,14H,(H,23,25)/t14-/m1/s1. The van der Waals surface area contributed by atoms with E-state index in [-0.39, 0.29) is 11.1 Å². The van der Waals surface area contributed by atoms with E-state index in [0.717, 1.165) is 6.20 Å². The van der Waals surface area contributed by atoms with Crippen LogP contribution in [0.15, 0.2) is 61.4 Å². The number of nitrogens with zero attached hydrogens (tertiary/aromatic N) is 4. The molecule has 0 aliphatic heterocycles. The Balaban J connectivity index is 1.80. The predicted octanol–water partition coefficient (Wildman–Crippen LogP) is 2.70. The lowest BCUT2D eigenvalue weighted by Crippen LogP contribution is -2.38. The molecule has 0 aliphatic rings. The van der Waals surface area contributed by atoms with E-state index >= 15 is 0 Å². The van der Waals surface area contributed by atoms with Gasteiger partial charge in [0, 0.05) is 29.2 Å². The van der Waals surface area contributed by atoms with Gasteiger partial charge in [0.05, 0.1) is 0 Å². The van der Waals surface area contributed by atoms with Crippen molar-refractivity contribution in [3.8, 4) is 5.69 Å². The van der Waals surface area contributed by atoms with Gasteiger partial charge in [-0.2, -0.15) is 13.2 Å². The largest absolute Gasteiger partial charge is 0.412 e. The van der Waals surface area contributed by atoms with E-state index in [1.165, 1.54) is 43.1 Å². The first-order valence-corrected chi connectivity index (χ1v) is 7.18. The van der Waals surface area contributed by atoms with Crippen LogP contribution in [-0.4, -0.2) is 31.8 Å². The fourth-order valence-electron chi connectivity index (χ4n) is 2.23. The summed E-state index contributed by atoms with van der Waals surface area (Å²) >= 11 is 0. The summed E-state index contributed by atoms with van der Waals surface area (Å²) in [5.74, 6) is -0.832. The minimum atomic E-state index is -4.64. The monoisotopic (exact) mass is 347 g/mol. The Morgan fingerprint density at radius 3 is 2.32 bits per heavy atom. The van der Waals surface area contributed by atoms with Gasteiger partial charge in [-0.25, -0.2) is 0 Å². The molecule has 25 heavy (non-hydrogen) atoms. The Bertz CT molecular complexity index is 832. The first kappa shape index (κ1) is 16.6. The quantitative estimate of drug-likeness (QED) is 0.788. The molecule has 3 aromatic rings. The van der Waals surface area contributed by atoms with Crippen LogP contribution in [0.4, 0.5) is 13.2 Å². The SMILES string of the molecule is O=C(N[C@H](c1cccnc1)C(F)(F)F)c1ccc(-n2cnnc2)cc1. The number of hydrogen-bond donors (Lipinski definition) is 1. The summed E-state index contributed by atoms with van der Waals surface area (Å²) in [5, 5.41) is 9.33. The third kappa shape index (κ3) is 3.82. The van der Waals surface area contributed by atoms with Gasteiger partial charge in [-0.3, -0.25) is 14.3 Å². The molecule has 6 nitrogen and oxygen atoms in total. The number of nitrogens with one attached hydrogen (secondary N) is 1. The summed E-state index contributed by atoms with van der Waals surface area (Å²) in [6, 6.07) is 6.55. The number of carbonyl (C=O) groups is 1. The molecule has 0 aliphatic carbocycles. The summed E-state index contributed by atoms with van der Waals surface area (Å²) in [6.07, 6.45) is 0.742. The van der Waals surface area contributed by atoms with Crippen LogP contribution in [0.3, 0.4) is 0 Å². The molecule has 0 unspecified atom stereocenters. The van der Waals surface area contributed by atoms with Crippen molar-refractivity contribution in [2.75, 3.05) is 0 Å². The van der Waals surface area contributed by atoms with E-state index in [1.54, 1.807) is 16.7 Å². The molecule has 1 aromatic carbocycles. The number of halogens is 3. The molecule has 1 amide bonds. The molecule has 2 heterocycles. The number of pyridine rings is 1. The molecule has 1 atom stereocenters. The van der Waals surface area contributed by atoms with Gasteiger partial charge in [0.1, 0.15) is 12.7 Å². The van der Waals surface area contributed by atoms with Crippen molar-refractivity contribution in [3.05, 3.63) is 72.6 Å². The maximum Gasteiger partial charge on any atom is 0.412 e. The molecule has 0 bridgehead atoms. The first-order chi connectivity index (χ1) is 11.9. The fraction of sp³-hybridized carbons (Fsp3) is 0.125. The van der Waals surface area contributed by atoms with Crippen LogP contribution >= 0.6 is 0 Å². The second-order valence-corrected chi connectivity index (χ2v) is 5.15. The number of carbonyl (C=O) groups excluding carboxylic acids is 1. The number of amides is 1. The summed E-state index contributed by atoms with van der Waals surface area (Å²) < 4.78 is 41.4. The second-order valence-electron chi connectivity index (χ2n) is 5.15. The Morgan fingerprint density at radius 1 is 1.08 bits per heavy atom. The van der Waals surface area contributed by atoms with Gasteiger partial charge >= 0.3 is 6.18 Å². The zero-order chi connectivity index (χ0) is 17.9. The highest BCUT2D eigenvalue weighted by atomic mass is 19.4. The molecule has 128 valence electrons. The topological polar surface area (TPSA) is 72.7 Å². The molecule has 2 aromatic heterocycles. The van der Waals surface area contributed by atoms with Crippen LogP contribution in [0.1, 0.15) is 22.0 Å². The Kier molecular flexibility index (Phi) is 4.46. The maximum atomic E-state index is 13.3. The molecule has 9 heteroatoms. The van der Waals surface area contributed by atoms with Gasteiger partial charge in [-0.05, 0) is 30.3 Å². The van der Waals surface area contributed by atoms with Crippen molar-refractivity contribution in [2.45, 2.75) is 12.2 Å². The lowest BCUT2D eigenvalue weighted by atomic mass is 10.1. The summed E-state index contributed by atoms with van der Waals surface area (Å²) in [5.41, 5.74) is 0.653. The van der Waals surface area contributed by atoms with Crippen molar-refractivity contribution in [2.24, 2.45) is 0 Å². The highest BCUT2D eigenvalue weighted by Gasteiger charge is 2.42. The number of benzene rings is 1. The van der Waals surface area contributed by atoms with Crippen LogP contribution in [0, 0.1) is 0 Å². The molecular formula is C16H12F3N5O. The smallest absolute Gasteiger partial charge is 0.337 e. The van der Waals surface area contributed by atoms with Crippen molar-refractivity contribution >= 4 is 5.91 Å². The van der Waals surface area contributed by atoms with E-state index in [0.29, 0.717) is 5.69 Å². The zero-order valence-electron chi connectivity index (χ0n) is 12.7. The molecule has 0 saturated carbocycles. The highest BCUT2D eigenvalue weighted by molar-refractivity contribution is 5.94. The second kappa shape index (κ2) is 6.71. The number of alkyl halides is 3. The Hall–Kier alpha value is -3.23. The third-order valence-electron chi connectivity index (χ3n) is 3.47. The van der Waals surface area contributed by atoms with E-state index in [2.05, 4.69) is 15.2 Å². The van der Waals surface area contributed by atoms with Crippen molar-refractivity contribution in [1.29, 1.82) is 0 Å². The van der Waals surface area contributed by atoms with Crippen LogP contribution in [0.2, 0.25) is 0 Å². The van der Waals surface area contributed by atoms with Gasteiger partial charge in [0.25, 0.3) is 5.91 Å². The molecule has 0 radical (unpaired) electrons. The Morgan fingerprint density at radius 2 is 1.76 bits per heavy atom. The molecule has 0 spiro atoms. The van der Waals surface area contributed by atoms with Crippen molar-refractivity contribution < 1.29 is 18.0 Å². The minimum Gasteiger partial charge on any atom is -0.337 e. The normalized spacial score (nSPS) is 12.6. The minimum absolute atomic E-state index is 0.106. The van der Waals surface area contributed by atoms with Crippen LogP contribution in [0.5, 0.6) is 0 Å². The van der Waals surface area contributed by atoms with Crippen LogP contribution < -0.4 is 5.32 Å². The van der Waals surface area contributed by atoms with Crippen molar-refractivity contribution in [1.82, 2.24) is 25.1 Å². The predicted molar refractivity (Wildman–Crippen MR) is 81.9 cm³/mol. The summed E-state index contributed by atoms with van der Waals surface area (Å²) in [4.78, 5) is 15.9. The van der Waals surface area contributed by atoms with Gasteiger partial charge < -0.3 is 5.32 Å². The number of hydrogen-bond acceptors (Lipinski definition) is 4. The third-order valence-corrected chi connectivity index (χ3v) is 3.47. The zero-order valence-corrected chi connectivity index (χ0v) is 12.7. The molecule has 1 N–H and O–H groups in total. The van der Waals surface area contributed by atoms with E-state index in [4.69, 9.17) is 0 Å². The highest BCUT2D eigenvalue weighted by Crippen LogP contribution is 2.32. The number of rotatable bonds is 4. The molecule has 0 fully saturated rings. The average molecular weight is 347 g/mol. The van der Waals surface area contributed by atoms with Gasteiger partial charge in [-0.1, -0.05) is 6.07 Å². The number of aromatic nitrogens is 4. The molecular weight excluding hydrogens is 335 g/mol. The van der Waals surface area contributed by atoms with Gasteiger partial charge in [-0.15, -0.1) is 10.2 Å². The first-order valence-electron chi connectivity index (χ1n) is 7.18. The van der Waals surface area contributed by atoms with E-state index in [9.17, 15) is 18.0 Å². The maximum absolute atomic E-state index is 13.3. The summed E-state index contributed by atoms with van der Waals surface area (Å²) in [6.45, 7) is 0. The van der Waals surface area contributed by atoms with E-state index < -0.39 is 18.1 Å². The van der Waals surface area contributed by atoms with Gasteiger partial charge in [0.2, 0.25) is 0 Å². The molecule has 3 rings (SSSR count). The summed E-state index contributed by atoms with van der Waals surface area (Å²) in [7, 11) is 0. The Labute approximate surface area is 140 Å². The lowest BCUT2D eigenvalue weighted by molar-refractivity contribution is -0.155. The van der Waals surface area contributed by atoms with E-state index in [1.807, 2.05) is 5.32 Å². The average Bonchev–Trinajstić information content (AvgIpc) is 3.14. The molecule has 0 saturated heterocycles. The fourth-order valence-corrected chi connectivity index (χ4v) is 2.23. The van der Waals surface area contributed by atoms with Crippen LogP contribution in [-0.2, 0) is 0 Å².